The molecule has 2 aromatic rings. The molecule has 0 saturated carbocycles. The first-order chi connectivity index (χ1) is 9.97. The summed E-state index contributed by atoms with van der Waals surface area (Å²) in [6.07, 6.45) is 0. The first kappa shape index (κ1) is 15.4. The molecule has 1 aromatic heterocycles. The molecule has 0 fully saturated rings. The Morgan fingerprint density at radius 3 is 2.05 bits per heavy atom. The van der Waals surface area contributed by atoms with Gasteiger partial charge in [-0.1, -0.05) is 15.9 Å². The van der Waals surface area contributed by atoms with Gasteiger partial charge in [-0.25, -0.2) is 0 Å². The van der Waals surface area contributed by atoms with E-state index in [9.17, 15) is 14.4 Å². The third-order valence-corrected chi connectivity index (χ3v) is 4.29. The Morgan fingerprint density at radius 1 is 0.905 bits per heavy atom. The molecule has 0 unspecified atom stereocenters. The van der Waals surface area contributed by atoms with Crippen LogP contribution in [0, 0.1) is 0 Å². The van der Waals surface area contributed by atoms with Crippen LogP contribution in [0.4, 0.5) is 0 Å². The molecule has 0 saturated heterocycles. The lowest BCUT2D eigenvalue weighted by Gasteiger charge is -2.06. The maximum Gasteiger partial charge on any atom is 0.279 e. The van der Waals surface area contributed by atoms with Crippen molar-refractivity contribution in [3.8, 4) is 0 Å². The zero-order valence-electron chi connectivity index (χ0n) is 11.0. The maximum absolute atomic E-state index is 11.8. The van der Waals surface area contributed by atoms with Crippen LogP contribution in [-0.2, 0) is 0 Å². The van der Waals surface area contributed by atoms with E-state index in [1.54, 1.807) is 36.4 Å². The number of hydrazine groups is 1. The van der Waals surface area contributed by atoms with Gasteiger partial charge in [0.25, 0.3) is 11.8 Å². The van der Waals surface area contributed by atoms with Gasteiger partial charge in [-0.3, -0.25) is 25.2 Å². The second-order valence-electron chi connectivity index (χ2n) is 4.14. The van der Waals surface area contributed by atoms with Crippen LogP contribution in [-0.4, -0.2) is 17.6 Å². The topological polar surface area (TPSA) is 75.3 Å². The molecule has 0 atom stereocenters. The number of ketones is 1. The SMILES string of the molecule is CC(=O)c1ccc(C(=O)NNC(=O)c2ccc(Br)cc2)s1. The number of amides is 2. The fourth-order valence-electron chi connectivity index (χ4n) is 1.50. The third kappa shape index (κ3) is 3.99. The van der Waals surface area contributed by atoms with Crippen molar-refractivity contribution in [1.29, 1.82) is 0 Å². The Kier molecular flexibility index (Phi) is 4.87. The van der Waals surface area contributed by atoms with Gasteiger partial charge in [0.05, 0.1) is 9.75 Å². The first-order valence-corrected chi connectivity index (χ1v) is 7.55. The fourth-order valence-corrected chi connectivity index (χ4v) is 2.56. The number of thiophene rings is 1. The smallest absolute Gasteiger partial charge is 0.279 e. The highest BCUT2D eigenvalue weighted by atomic mass is 79.9. The quantitative estimate of drug-likeness (QED) is 0.647. The molecule has 21 heavy (non-hydrogen) atoms. The molecule has 7 heteroatoms. The maximum atomic E-state index is 11.8. The fraction of sp³-hybridized carbons (Fsp3) is 0.0714. The molecular formula is C14H11BrN2O3S. The number of hydrogen-bond acceptors (Lipinski definition) is 4. The molecular weight excluding hydrogens is 356 g/mol. The molecule has 0 radical (unpaired) electrons. The van der Waals surface area contributed by atoms with Gasteiger partial charge in [0, 0.05) is 10.0 Å². The Labute approximate surface area is 133 Å². The molecule has 2 rings (SSSR count). The predicted molar refractivity (Wildman–Crippen MR) is 83.4 cm³/mol. The van der Waals surface area contributed by atoms with Crippen molar-refractivity contribution in [3.05, 3.63) is 56.2 Å². The van der Waals surface area contributed by atoms with Crippen LogP contribution >= 0.6 is 27.3 Å². The molecule has 5 nitrogen and oxygen atoms in total. The van der Waals surface area contributed by atoms with Crippen molar-refractivity contribution in [3.63, 3.8) is 0 Å². The van der Waals surface area contributed by atoms with E-state index < -0.39 is 11.8 Å². The summed E-state index contributed by atoms with van der Waals surface area (Å²) in [5.74, 6) is -0.977. The Balaban J connectivity index is 1.95. The van der Waals surface area contributed by atoms with Crippen molar-refractivity contribution in [1.82, 2.24) is 10.9 Å². The summed E-state index contributed by atoms with van der Waals surface area (Å²) < 4.78 is 0.860. The van der Waals surface area contributed by atoms with E-state index in [0.29, 0.717) is 15.3 Å². The second kappa shape index (κ2) is 6.64. The zero-order valence-corrected chi connectivity index (χ0v) is 13.4. The number of nitrogens with one attached hydrogen (secondary N) is 2. The highest BCUT2D eigenvalue weighted by molar-refractivity contribution is 9.10. The normalized spacial score (nSPS) is 10.0. The number of rotatable bonds is 3. The number of benzene rings is 1. The van der Waals surface area contributed by atoms with E-state index in [4.69, 9.17) is 0 Å². The first-order valence-electron chi connectivity index (χ1n) is 5.94. The summed E-state index contributed by atoms with van der Waals surface area (Å²) in [6.45, 7) is 1.43. The average Bonchev–Trinajstić information content (AvgIpc) is 2.95. The standard InChI is InChI=1S/C14H11BrN2O3S/c1-8(18)11-6-7-12(21-11)14(20)17-16-13(19)9-2-4-10(15)5-3-9/h2-7H,1H3,(H,16,19)(H,17,20). The number of halogens is 1. The predicted octanol–water partition coefficient (Wildman–Crippen LogP) is 2.79. The molecule has 0 aliphatic carbocycles. The summed E-state index contributed by atoms with van der Waals surface area (Å²) in [5.41, 5.74) is 5.06. The van der Waals surface area contributed by atoms with Crippen LogP contribution in [0.25, 0.3) is 0 Å². The van der Waals surface area contributed by atoms with Crippen LogP contribution < -0.4 is 10.9 Å². The van der Waals surface area contributed by atoms with E-state index in [2.05, 4.69) is 26.8 Å². The van der Waals surface area contributed by atoms with Crippen molar-refractivity contribution >= 4 is 44.9 Å². The molecule has 0 bridgehead atoms. The van der Waals surface area contributed by atoms with E-state index >= 15 is 0 Å². The zero-order chi connectivity index (χ0) is 15.4. The minimum absolute atomic E-state index is 0.0991. The van der Waals surface area contributed by atoms with Gasteiger partial charge in [0.15, 0.2) is 5.78 Å². The molecule has 0 aliphatic rings. The lowest BCUT2D eigenvalue weighted by Crippen LogP contribution is -2.41. The van der Waals surface area contributed by atoms with E-state index in [1.165, 1.54) is 6.92 Å². The van der Waals surface area contributed by atoms with Gasteiger partial charge in [-0.2, -0.15) is 0 Å². The number of carbonyl (C=O) groups is 3. The third-order valence-electron chi connectivity index (χ3n) is 2.57. The highest BCUT2D eigenvalue weighted by Crippen LogP contribution is 2.16. The van der Waals surface area contributed by atoms with Gasteiger partial charge < -0.3 is 0 Å². The summed E-state index contributed by atoms with van der Waals surface area (Å²) in [6, 6.07) is 9.85. The Morgan fingerprint density at radius 2 is 1.48 bits per heavy atom. The molecule has 2 amide bonds. The minimum atomic E-state index is -0.460. The van der Waals surface area contributed by atoms with Gasteiger partial charge in [-0.15, -0.1) is 11.3 Å². The average molecular weight is 367 g/mol. The van der Waals surface area contributed by atoms with E-state index in [-0.39, 0.29) is 5.78 Å². The summed E-state index contributed by atoms with van der Waals surface area (Å²) >= 11 is 4.35. The molecule has 1 aromatic carbocycles. The monoisotopic (exact) mass is 366 g/mol. The highest BCUT2D eigenvalue weighted by Gasteiger charge is 2.12. The summed E-state index contributed by atoms with van der Waals surface area (Å²) in [5, 5.41) is 0. The number of hydrogen-bond donors (Lipinski definition) is 2. The number of carbonyl (C=O) groups excluding carboxylic acids is 3. The molecule has 0 aliphatic heterocycles. The van der Waals surface area contributed by atoms with E-state index in [1.807, 2.05) is 0 Å². The Bertz CT molecular complexity index is 694. The molecule has 0 spiro atoms. The Hall–Kier alpha value is -1.99. The molecule has 108 valence electrons. The van der Waals surface area contributed by atoms with Gasteiger partial charge in [0.2, 0.25) is 0 Å². The lowest BCUT2D eigenvalue weighted by atomic mass is 10.2. The van der Waals surface area contributed by atoms with Crippen molar-refractivity contribution in [2.75, 3.05) is 0 Å². The second-order valence-corrected chi connectivity index (χ2v) is 6.13. The van der Waals surface area contributed by atoms with Gasteiger partial charge in [-0.05, 0) is 43.3 Å². The van der Waals surface area contributed by atoms with Gasteiger partial charge >= 0.3 is 0 Å². The van der Waals surface area contributed by atoms with Crippen LogP contribution in [0.2, 0.25) is 0 Å². The van der Waals surface area contributed by atoms with Crippen LogP contribution in [0.1, 0.15) is 36.6 Å². The van der Waals surface area contributed by atoms with E-state index in [0.717, 1.165) is 15.8 Å². The van der Waals surface area contributed by atoms with Gasteiger partial charge in [0.1, 0.15) is 0 Å². The van der Waals surface area contributed by atoms with Crippen molar-refractivity contribution in [2.24, 2.45) is 0 Å². The van der Waals surface area contributed by atoms with Crippen molar-refractivity contribution in [2.45, 2.75) is 6.92 Å². The molecule has 2 N–H and O–H groups in total. The largest absolute Gasteiger partial charge is 0.294 e. The van der Waals surface area contributed by atoms with Crippen LogP contribution in [0.5, 0.6) is 0 Å². The summed E-state index contributed by atoms with van der Waals surface area (Å²) in [7, 11) is 0. The lowest BCUT2D eigenvalue weighted by molar-refractivity contribution is 0.0849. The molecule has 1 heterocycles. The minimum Gasteiger partial charge on any atom is -0.294 e. The van der Waals surface area contributed by atoms with Crippen LogP contribution in [0.15, 0.2) is 40.9 Å². The van der Waals surface area contributed by atoms with Crippen molar-refractivity contribution < 1.29 is 14.4 Å². The van der Waals surface area contributed by atoms with Crippen LogP contribution in [0.3, 0.4) is 0 Å². The number of Topliss-reactive ketones (excluding diaryl/α,β-unsaturated/α-hetero) is 1. The summed E-state index contributed by atoms with van der Waals surface area (Å²) in [4.78, 5) is 35.7.